The Morgan fingerprint density at radius 1 is 1.00 bits per heavy atom. The van der Waals surface area contributed by atoms with E-state index in [1.807, 2.05) is 42.5 Å². The van der Waals surface area contributed by atoms with Gasteiger partial charge in [0.2, 0.25) is 0 Å². The molecular weight excluding hydrogens is 408 g/mol. The lowest BCUT2D eigenvalue weighted by Gasteiger charge is -2.36. The van der Waals surface area contributed by atoms with Crippen LogP contribution < -0.4 is 4.90 Å². The molecule has 3 rings (SSSR count). The molecular formula is C21H21BrN2O3. The van der Waals surface area contributed by atoms with Crippen molar-refractivity contribution in [3.63, 3.8) is 0 Å². The Morgan fingerprint density at radius 2 is 1.74 bits per heavy atom. The number of amides is 1. The van der Waals surface area contributed by atoms with Crippen LogP contribution in [0.1, 0.15) is 5.56 Å². The molecule has 0 radical (unpaired) electrons. The van der Waals surface area contributed by atoms with E-state index in [1.165, 1.54) is 6.08 Å². The maximum Gasteiger partial charge on any atom is 0.331 e. The molecule has 1 aliphatic heterocycles. The van der Waals surface area contributed by atoms with E-state index in [1.54, 1.807) is 11.0 Å². The second-order valence-corrected chi connectivity index (χ2v) is 7.12. The molecule has 5 nitrogen and oxygen atoms in total. The number of benzene rings is 2. The second kappa shape index (κ2) is 9.37. The summed E-state index contributed by atoms with van der Waals surface area (Å²) in [4.78, 5) is 28.1. The van der Waals surface area contributed by atoms with E-state index in [4.69, 9.17) is 4.74 Å². The fourth-order valence-electron chi connectivity index (χ4n) is 2.90. The quantitative estimate of drug-likeness (QED) is 0.541. The number of ether oxygens (including phenoxy) is 1. The molecule has 1 fully saturated rings. The fourth-order valence-corrected chi connectivity index (χ4v) is 3.32. The molecule has 1 saturated heterocycles. The van der Waals surface area contributed by atoms with Crippen molar-refractivity contribution in [2.45, 2.75) is 0 Å². The number of anilines is 1. The number of hydrogen-bond donors (Lipinski definition) is 0. The predicted molar refractivity (Wildman–Crippen MR) is 109 cm³/mol. The number of halogens is 1. The predicted octanol–water partition coefficient (Wildman–Crippen LogP) is 3.35. The third-order valence-corrected chi connectivity index (χ3v) is 4.85. The third-order valence-electron chi connectivity index (χ3n) is 4.35. The SMILES string of the molecule is O=C(C=Cc1cccc(Br)c1)OCC(=O)N1CCN(c2ccccc2)CC1. The van der Waals surface area contributed by atoms with E-state index < -0.39 is 5.97 Å². The average molecular weight is 429 g/mol. The third kappa shape index (κ3) is 5.69. The highest BCUT2D eigenvalue weighted by atomic mass is 79.9. The molecule has 2 aromatic rings. The van der Waals surface area contributed by atoms with Crippen LogP contribution in [-0.4, -0.2) is 49.6 Å². The lowest BCUT2D eigenvalue weighted by molar-refractivity contribution is -0.148. The van der Waals surface area contributed by atoms with Gasteiger partial charge in [-0.2, -0.15) is 0 Å². The highest BCUT2D eigenvalue weighted by molar-refractivity contribution is 9.10. The van der Waals surface area contributed by atoms with E-state index in [-0.39, 0.29) is 12.5 Å². The molecule has 2 aromatic carbocycles. The first kappa shape index (κ1) is 19.2. The van der Waals surface area contributed by atoms with Crippen LogP contribution in [-0.2, 0) is 14.3 Å². The van der Waals surface area contributed by atoms with Crippen molar-refractivity contribution in [3.05, 3.63) is 70.7 Å². The molecule has 140 valence electrons. The van der Waals surface area contributed by atoms with Gasteiger partial charge in [0.15, 0.2) is 6.61 Å². The summed E-state index contributed by atoms with van der Waals surface area (Å²) in [5.74, 6) is -0.682. The number of esters is 1. The van der Waals surface area contributed by atoms with Gasteiger partial charge in [0, 0.05) is 42.4 Å². The Balaban J connectivity index is 1.42. The van der Waals surface area contributed by atoms with E-state index in [9.17, 15) is 9.59 Å². The summed E-state index contributed by atoms with van der Waals surface area (Å²) in [7, 11) is 0. The van der Waals surface area contributed by atoms with Gasteiger partial charge in [-0.25, -0.2) is 4.79 Å². The lowest BCUT2D eigenvalue weighted by Crippen LogP contribution is -2.49. The first-order chi connectivity index (χ1) is 13.1. The maximum absolute atomic E-state index is 12.3. The molecule has 0 unspecified atom stereocenters. The maximum atomic E-state index is 12.3. The normalized spacial score (nSPS) is 14.4. The van der Waals surface area contributed by atoms with Crippen LogP contribution in [0.15, 0.2) is 65.1 Å². The molecule has 0 bridgehead atoms. The minimum atomic E-state index is -0.522. The summed E-state index contributed by atoms with van der Waals surface area (Å²) < 4.78 is 6.01. The van der Waals surface area contributed by atoms with Crippen LogP contribution in [0.2, 0.25) is 0 Å². The number of para-hydroxylation sites is 1. The molecule has 0 atom stereocenters. The van der Waals surface area contributed by atoms with Crippen molar-refractivity contribution >= 4 is 39.6 Å². The van der Waals surface area contributed by atoms with Crippen molar-refractivity contribution in [1.29, 1.82) is 0 Å². The summed E-state index contributed by atoms with van der Waals surface area (Å²) in [5.41, 5.74) is 2.04. The molecule has 0 aromatic heterocycles. The number of hydrogen-bond acceptors (Lipinski definition) is 4. The Kier molecular flexibility index (Phi) is 6.65. The standard InChI is InChI=1S/C21H21BrN2O3/c22-18-6-4-5-17(15-18)9-10-21(26)27-16-20(25)24-13-11-23(12-14-24)19-7-2-1-3-8-19/h1-10,15H,11-14,16H2. The van der Waals surface area contributed by atoms with Crippen LogP contribution in [0.4, 0.5) is 5.69 Å². The number of carbonyl (C=O) groups excluding carboxylic acids is 2. The minimum absolute atomic E-state index is 0.160. The van der Waals surface area contributed by atoms with E-state index in [0.29, 0.717) is 13.1 Å². The number of nitrogens with zero attached hydrogens (tertiary/aromatic N) is 2. The zero-order valence-electron chi connectivity index (χ0n) is 14.9. The van der Waals surface area contributed by atoms with Crippen LogP contribution in [0.3, 0.4) is 0 Å². The van der Waals surface area contributed by atoms with Gasteiger partial charge in [0.1, 0.15) is 0 Å². The van der Waals surface area contributed by atoms with Gasteiger partial charge in [0.25, 0.3) is 5.91 Å². The van der Waals surface area contributed by atoms with Crippen molar-refractivity contribution in [2.75, 3.05) is 37.7 Å². The zero-order chi connectivity index (χ0) is 19.1. The van der Waals surface area contributed by atoms with Gasteiger partial charge in [0.05, 0.1) is 0 Å². The summed E-state index contributed by atoms with van der Waals surface area (Å²) in [5, 5.41) is 0. The minimum Gasteiger partial charge on any atom is -0.452 e. The molecule has 0 N–H and O–H groups in total. The van der Waals surface area contributed by atoms with E-state index >= 15 is 0 Å². The first-order valence-electron chi connectivity index (χ1n) is 8.80. The zero-order valence-corrected chi connectivity index (χ0v) is 16.5. The van der Waals surface area contributed by atoms with Crippen molar-refractivity contribution in [2.24, 2.45) is 0 Å². The lowest BCUT2D eigenvalue weighted by atomic mass is 10.2. The van der Waals surface area contributed by atoms with E-state index in [0.717, 1.165) is 28.8 Å². The summed E-state index contributed by atoms with van der Waals surface area (Å²) >= 11 is 3.38. The first-order valence-corrected chi connectivity index (χ1v) is 9.59. The van der Waals surface area contributed by atoms with Gasteiger partial charge >= 0.3 is 5.97 Å². The Bertz CT molecular complexity index is 815. The number of carbonyl (C=O) groups is 2. The molecule has 27 heavy (non-hydrogen) atoms. The Hall–Kier alpha value is -2.60. The number of piperazine rings is 1. The molecule has 6 heteroatoms. The summed E-state index contributed by atoms with van der Waals surface area (Å²) in [6.45, 7) is 2.56. The van der Waals surface area contributed by atoms with Gasteiger partial charge in [-0.15, -0.1) is 0 Å². The Morgan fingerprint density at radius 3 is 2.44 bits per heavy atom. The second-order valence-electron chi connectivity index (χ2n) is 6.20. The molecule has 0 aliphatic carbocycles. The largest absolute Gasteiger partial charge is 0.452 e. The monoisotopic (exact) mass is 428 g/mol. The van der Waals surface area contributed by atoms with Gasteiger partial charge in [-0.1, -0.05) is 46.3 Å². The van der Waals surface area contributed by atoms with Gasteiger partial charge < -0.3 is 14.5 Å². The molecule has 1 heterocycles. The molecule has 1 aliphatic rings. The summed E-state index contributed by atoms with van der Waals surface area (Å²) in [6.07, 6.45) is 3.00. The van der Waals surface area contributed by atoms with E-state index in [2.05, 4.69) is 33.0 Å². The smallest absolute Gasteiger partial charge is 0.331 e. The van der Waals surface area contributed by atoms with Crippen LogP contribution >= 0.6 is 15.9 Å². The summed E-state index contributed by atoms with van der Waals surface area (Å²) in [6, 6.07) is 17.7. The van der Waals surface area contributed by atoms with Crippen molar-refractivity contribution in [3.8, 4) is 0 Å². The van der Waals surface area contributed by atoms with Crippen LogP contribution in [0.25, 0.3) is 6.08 Å². The van der Waals surface area contributed by atoms with Crippen molar-refractivity contribution < 1.29 is 14.3 Å². The topological polar surface area (TPSA) is 49.9 Å². The fraction of sp³-hybridized carbons (Fsp3) is 0.238. The van der Waals surface area contributed by atoms with Crippen LogP contribution in [0, 0.1) is 0 Å². The van der Waals surface area contributed by atoms with Gasteiger partial charge in [-0.05, 0) is 35.9 Å². The Labute approximate surface area is 167 Å². The van der Waals surface area contributed by atoms with Crippen LogP contribution in [0.5, 0.6) is 0 Å². The molecule has 0 saturated carbocycles. The van der Waals surface area contributed by atoms with Gasteiger partial charge in [-0.3, -0.25) is 4.79 Å². The molecule has 0 spiro atoms. The molecule has 1 amide bonds. The van der Waals surface area contributed by atoms with Crippen molar-refractivity contribution in [1.82, 2.24) is 4.90 Å². The number of rotatable bonds is 5. The highest BCUT2D eigenvalue weighted by Gasteiger charge is 2.21. The highest BCUT2D eigenvalue weighted by Crippen LogP contribution is 2.16. The average Bonchev–Trinajstić information content (AvgIpc) is 2.71.